The Morgan fingerprint density at radius 2 is 2.19 bits per heavy atom. The highest BCUT2D eigenvalue weighted by molar-refractivity contribution is 7.99. The minimum absolute atomic E-state index is 0.0658. The van der Waals surface area contributed by atoms with Crippen LogP contribution >= 0.6 is 11.8 Å². The van der Waals surface area contributed by atoms with Gasteiger partial charge in [0, 0.05) is 5.39 Å². The molecule has 7 nitrogen and oxygen atoms in total. The lowest BCUT2D eigenvalue weighted by molar-refractivity contribution is -0.119. The Labute approximate surface area is 155 Å². The van der Waals surface area contributed by atoms with Crippen molar-refractivity contribution >= 4 is 28.6 Å². The highest BCUT2D eigenvalue weighted by atomic mass is 32.2. The van der Waals surface area contributed by atoms with E-state index in [4.69, 9.17) is 4.42 Å². The number of nitrogens with one attached hydrogen (secondary N) is 1. The standard InChI is InChI=1S/C18H21N5O2S/c1-12(16-10-13-6-2-5-9-15(13)25-16)19-17(24)11-26-18-20-21-22-23(18)14-7-3-4-8-14/h2,5-6,9-10,12,14H,3-4,7-8,11H2,1H3,(H,19,24)/t12-/m0/s1. The average Bonchev–Trinajstić information content (AvgIpc) is 3.38. The van der Waals surface area contributed by atoms with E-state index >= 15 is 0 Å². The summed E-state index contributed by atoms with van der Waals surface area (Å²) in [5.74, 6) is 0.960. The maximum Gasteiger partial charge on any atom is 0.231 e. The van der Waals surface area contributed by atoms with Gasteiger partial charge in [0.05, 0.1) is 17.8 Å². The number of tetrazole rings is 1. The van der Waals surface area contributed by atoms with Crippen LogP contribution in [0, 0.1) is 0 Å². The SMILES string of the molecule is C[C@H](NC(=O)CSc1nnnn1C1CCCC1)c1cc2ccccc2o1. The summed E-state index contributed by atoms with van der Waals surface area (Å²) >= 11 is 1.38. The molecular weight excluding hydrogens is 350 g/mol. The molecule has 0 spiro atoms. The Morgan fingerprint density at radius 1 is 1.38 bits per heavy atom. The Bertz CT molecular complexity index is 867. The van der Waals surface area contributed by atoms with Crippen LogP contribution in [-0.2, 0) is 4.79 Å². The van der Waals surface area contributed by atoms with Gasteiger partial charge < -0.3 is 9.73 Å². The molecule has 0 bridgehead atoms. The van der Waals surface area contributed by atoms with Crippen molar-refractivity contribution in [2.75, 3.05) is 5.75 Å². The van der Waals surface area contributed by atoms with E-state index in [1.165, 1.54) is 24.6 Å². The molecule has 4 rings (SSSR count). The molecule has 1 amide bonds. The first-order valence-electron chi connectivity index (χ1n) is 8.89. The molecule has 1 aromatic carbocycles. The van der Waals surface area contributed by atoms with E-state index < -0.39 is 0 Å². The van der Waals surface area contributed by atoms with Crippen molar-refractivity contribution in [3.8, 4) is 0 Å². The predicted octanol–water partition coefficient (Wildman–Crippen LogP) is 3.50. The van der Waals surface area contributed by atoms with Gasteiger partial charge in [-0.05, 0) is 42.3 Å². The van der Waals surface area contributed by atoms with Gasteiger partial charge in [-0.3, -0.25) is 4.79 Å². The first-order valence-corrected chi connectivity index (χ1v) is 9.88. The van der Waals surface area contributed by atoms with E-state index in [1.54, 1.807) is 0 Å². The molecule has 0 saturated heterocycles. The molecule has 1 saturated carbocycles. The molecule has 136 valence electrons. The van der Waals surface area contributed by atoms with Crippen molar-refractivity contribution in [3.05, 3.63) is 36.1 Å². The summed E-state index contributed by atoms with van der Waals surface area (Å²) in [5, 5.41) is 16.7. The van der Waals surface area contributed by atoms with Crippen LogP contribution in [0.15, 0.2) is 39.9 Å². The van der Waals surface area contributed by atoms with E-state index in [1.807, 2.05) is 41.9 Å². The molecule has 0 unspecified atom stereocenters. The molecule has 0 radical (unpaired) electrons. The van der Waals surface area contributed by atoms with Gasteiger partial charge in [0.2, 0.25) is 11.1 Å². The number of carbonyl (C=O) groups is 1. The number of para-hydroxylation sites is 1. The van der Waals surface area contributed by atoms with E-state index in [0.29, 0.717) is 11.2 Å². The van der Waals surface area contributed by atoms with E-state index in [0.717, 1.165) is 29.6 Å². The second kappa shape index (κ2) is 7.49. The number of thioether (sulfide) groups is 1. The van der Waals surface area contributed by atoms with E-state index in [9.17, 15) is 4.79 Å². The zero-order chi connectivity index (χ0) is 17.9. The topological polar surface area (TPSA) is 85.8 Å². The summed E-state index contributed by atoms with van der Waals surface area (Å²) in [5.41, 5.74) is 0.828. The Kier molecular flexibility index (Phi) is 4.92. The number of amides is 1. The molecule has 1 fully saturated rings. The van der Waals surface area contributed by atoms with Gasteiger partial charge in [-0.2, -0.15) is 0 Å². The number of benzene rings is 1. The first-order chi connectivity index (χ1) is 12.7. The van der Waals surface area contributed by atoms with Gasteiger partial charge in [-0.1, -0.05) is 42.8 Å². The zero-order valence-electron chi connectivity index (χ0n) is 14.6. The molecule has 26 heavy (non-hydrogen) atoms. The van der Waals surface area contributed by atoms with Crippen molar-refractivity contribution < 1.29 is 9.21 Å². The Morgan fingerprint density at radius 3 is 3.00 bits per heavy atom. The van der Waals surface area contributed by atoms with Crippen LogP contribution in [0.4, 0.5) is 0 Å². The zero-order valence-corrected chi connectivity index (χ0v) is 15.4. The number of hydrogen-bond acceptors (Lipinski definition) is 6. The van der Waals surface area contributed by atoms with Crippen LogP contribution in [0.2, 0.25) is 0 Å². The smallest absolute Gasteiger partial charge is 0.231 e. The second-order valence-electron chi connectivity index (χ2n) is 6.61. The van der Waals surface area contributed by atoms with Crippen LogP contribution in [0.3, 0.4) is 0 Å². The quantitative estimate of drug-likeness (QED) is 0.668. The maximum atomic E-state index is 12.3. The van der Waals surface area contributed by atoms with Crippen LogP contribution in [0.25, 0.3) is 11.0 Å². The fraction of sp³-hybridized carbons (Fsp3) is 0.444. The summed E-state index contributed by atoms with van der Waals surface area (Å²) in [6.07, 6.45) is 4.63. The number of furan rings is 1. The summed E-state index contributed by atoms with van der Waals surface area (Å²) in [7, 11) is 0. The number of carbonyl (C=O) groups excluding carboxylic acids is 1. The van der Waals surface area contributed by atoms with Gasteiger partial charge in [-0.25, -0.2) is 4.68 Å². The summed E-state index contributed by atoms with van der Waals surface area (Å²) in [4.78, 5) is 12.3. The number of nitrogens with zero attached hydrogens (tertiary/aromatic N) is 4. The summed E-state index contributed by atoms with van der Waals surface area (Å²) < 4.78 is 7.68. The third-order valence-corrected chi connectivity index (χ3v) is 5.65. The lowest BCUT2D eigenvalue weighted by Crippen LogP contribution is -2.28. The number of rotatable bonds is 6. The number of fused-ring (bicyclic) bond motifs is 1. The largest absolute Gasteiger partial charge is 0.459 e. The van der Waals surface area contributed by atoms with E-state index in [-0.39, 0.29) is 17.7 Å². The molecule has 8 heteroatoms. The minimum Gasteiger partial charge on any atom is -0.459 e. The van der Waals surface area contributed by atoms with Crippen LogP contribution in [-0.4, -0.2) is 31.9 Å². The molecule has 2 heterocycles. The molecular formula is C18H21N5O2S. The van der Waals surface area contributed by atoms with Gasteiger partial charge in [-0.15, -0.1) is 5.10 Å². The maximum absolute atomic E-state index is 12.3. The van der Waals surface area contributed by atoms with Crippen molar-refractivity contribution in [2.45, 2.75) is 49.8 Å². The van der Waals surface area contributed by atoms with Gasteiger partial charge >= 0.3 is 0 Å². The molecule has 1 aliphatic carbocycles. The monoisotopic (exact) mass is 371 g/mol. The highest BCUT2D eigenvalue weighted by Crippen LogP contribution is 2.31. The molecule has 0 aliphatic heterocycles. The molecule has 1 aliphatic rings. The number of aromatic nitrogens is 4. The predicted molar refractivity (Wildman–Crippen MR) is 98.8 cm³/mol. The molecule has 2 aromatic heterocycles. The second-order valence-corrected chi connectivity index (χ2v) is 7.55. The first kappa shape index (κ1) is 17.1. The average molecular weight is 371 g/mol. The molecule has 3 aromatic rings. The Hall–Kier alpha value is -2.35. The lowest BCUT2D eigenvalue weighted by Gasteiger charge is -2.12. The van der Waals surface area contributed by atoms with Crippen molar-refractivity contribution in [2.24, 2.45) is 0 Å². The normalized spacial score (nSPS) is 16.2. The van der Waals surface area contributed by atoms with Gasteiger partial charge in [0.25, 0.3) is 0 Å². The van der Waals surface area contributed by atoms with Crippen LogP contribution in [0.5, 0.6) is 0 Å². The van der Waals surface area contributed by atoms with Crippen molar-refractivity contribution in [1.82, 2.24) is 25.5 Å². The highest BCUT2D eigenvalue weighted by Gasteiger charge is 2.22. The summed E-state index contributed by atoms with van der Waals surface area (Å²) in [6, 6.07) is 9.96. The van der Waals surface area contributed by atoms with Crippen LogP contribution in [0.1, 0.15) is 50.5 Å². The summed E-state index contributed by atoms with van der Waals surface area (Å²) in [6.45, 7) is 1.92. The number of hydrogen-bond donors (Lipinski definition) is 1. The minimum atomic E-state index is -0.193. The van der Waals surface area contributed by atoms with Gasteiger partial charge in [0.15, 0.2) is 0 Å². The lowest BCUT2D eigenvalue weighted by atomic mass is 10.2. The third-order valence-electron chi connectivity index (χ3n) is 4.71. The van der Waals surface area contributed by atoms with Gasteiger partial charge in [0.1, 0.15) is 11.3 Å². The molecule has 1 N–H and O–H groups in total. The van der Waals surface area contributed by atoms with Crippen LogP contribution < -0.4 is 5.32 Å². The molecule has 1 atom stereocenters. The fourth-order valence-electron chi connectivity index (χ4n) is 3.36. The van der Waals surface area contributed by atoms with E-state index in [2.05, 4.69) is 20.8 Å². The Balaban J connectivity index is 1.34. The van der Waals surface area contributed by atoms with Crippen molar-refractivity contribution in [3.63, 3.8) is 0 Å². The fourth-order valence-corrected chi connectivity index (χ4v) is 4.11. The van der Waals surface area contributed by atoms with Crippen molar-refractivity contribution in [1.29, 1.82) is 0 Å². The third kappa shape index (κ3) is 3.60.